The van der Waals surface area contributed by atoms with Crippen LogP contribution < -0.4 is 5.32 Å². The summed E-state index contributed by atoms with van der Waals surface area (Å²) in [6.45, 7) is 5.33. The molecule has 1 N–H and O–H groups in total. The van der Waals surface area contributed by atoms with Crippen LogP contribution in [0.1, 0.15) is 6.92 Å². The maximum atomic E-state index is 11.8. The Morgan fingerprint density at radius 2 is 2.47 bits per heavy atom. The van der Waals surface area contributed by atoms with E-state index in [2.05, 4.69) is 12.2 Å². The second-order valence-corrected chi connectivity index (χ2v) is 5.18. The van der Waals surface area contributed by atoms with E-state index in [1.54, 1.807) is 11.8 Å². The second-order valence-electron chi connectivity index (χ2n) is 3.91. The highest BCUT2D eigenvalue weighted by molar-refractivity contribution is 7.99. The van der Waals surface area contributed by atoms with Crippen LogP contribution in [0, 0.1) is 0 Å². The molecule has 2 heterocycles. The van der Waals surface area contributed by atoms with Crippen molar-refractivity contribution in [3.05, 3.63) is 0 Å². The van der Waals surface area contributed by atoms with Crippen LogP contribution in [0.5, 0.6) is 0 Å². The molecule has 86 valence electrons. The van der Waals surface area contributed by atoms with E-state index in [9.17, 15) is 4.79 Å². The smallest absolute Gasteiger partial charge is 0.232 e. The molecule has 5 heteroatoms. The van der Waals surface area contributed by atoms with E-state index in [0.29, 0.717) is 11.8 Å². The SMILES string of the molecule is CCSCC(=O)N1C[C@@H]2NCCO[C@H]2C1. The number of thioether (sulfide) groups is 1. The molecule has 0 aliphatic carbocycles. The zero-order valence-electron chi connectivity index (χ0n) is 9.07. The van der Waals surface area contributed by atoms with E-state index < -0.39 is 0 Å². The maximum Gasteiger partial charge on any atom is 0.232 e. The molecule has 1 amide bonds. The van der Waals surface area contributed by atoms with Gasteiger partial charge in [-0.05, 0) is 5.75 Å². The molecule has 0 unspecified atom stereocenters. The van der Waals surface area contributed by atoms with Crippen LogP contribution in [0.3, 0.4) is 0 Å². The molecule has 2 aliphatic heterocycles. The van der Waals surface area contributed by atoms with Gasteiger partial charge in [0.05, 0.1) is 24.5 Å². The maximum absolute atomic E-state index is 11.8. The van der Waals surface area contributed by atoms with Gasteiger partial charge in [0.1, 0.15) is 0 Å². The molecule has 0 aromatic carbocycles. The zero-order chi connectivity index (χ0) is 10.7. The summed E-state index contributed by atoms with van der Waals surface area (Å²) in [4.78, 5) is 13.7. The number of nitrogens with zero attached hydrogens (tertiary/aromatic N) is 1. The summed E-state index contributed by atoms with van der Waals surface area (Å²) in [5.41, 5.74) is 0. The Balaban J connectivity index is 1.82. The lowest BCUT2D eigenvalue weighted by atomic mass is 10.2. The molecule has 0 bridgehead atoms. The minimum absolute atomic E-state index is 0.217. The number of morpholine rings is 1. The van der Waals surface area contributed by atoms with E-state index in [4.69, 9.17) is 4.74 Å². The molecule has 4 nitrogen and oxygen atoms in total. The van der Waals surface area contributed by atoms with E-state index in [0.717, 1.165) is 32.0 Å². The number of carbonyl (C=O) groups is 1. The minimum Gasteiger partial charge on any atom is -0.373 e. The third-order valence-electron chi connectivity index (χ3n) is 2.89. The minimum atomic E-state index is 0.217. The van der Waals surface area contributed by atoms with Crippen LogP contribution in [-0.4, -0.2) is 60.7 Å². The van der Waals surface area contributed by atoms with Crippen LogP contribution >= 0.6 is 11.8 Å². The van der Waals surface area contributed by atoms with E-state index in [-0.39, 0.29) is 12.0 Å². The fourth-order valence-electron chi connectivity index (χ4n) is 2.08. The molecular weight excluding hydrogens is 212 g/mol. The van der Waals surface area contributed by atoms with Crippen molar-refractivity contribution in [3.63, 3.8) is 0 Å². The highest BCUT2D eigenvalue weighted by Crippen LogP contribution is 2.17. The van der Waals surface area contributed by atoms with Gasteiger partial charge in [0.15, 0.2) is 0 Å². The molecule has 0 aromatic heterocycles. The number of hydrogen-bond donors (Lipinski definition) is 1. The topological polar surface area (TPSA) is 41.6 Å². The summed E-state index contributed by atoms with van der Waals surface area (Å²) in [6.07, 6.45) is 0.217. The normalized spacial score (nSPS) is 30.3. The molecule has 2 fully saturated rings. The summed E-state index contributed by atoms with van der Waals surface area (Å²) >= 11 is 1.68. The summed E-state index contributed by atoms with van der Waals surface area (Å²) < 4.78 is 5.62. The van der Waals surface area contributed by atoms with E-state index >= 15 is 0 Å². The molecule has 0 saturated carbocycles. The molecule has 2 atom stereocenters. The van der Waals surface area contributed by atoms with Gasteiger partial charge in [-0.25, -0.2) is 0 Å². The van der Waals surface area contributed by atoms with Crippen molar-refractivity contribution in [2.24, 2.45) is 0 Å². The highest BCUT2D eigenvalue weighted by atomic mass is 32.2. The van der Waals surface area contributed by atoms with Crippen LogP contribution in [0.2, 0.25) is 0 Å². The standard InChI is InChI=1S/C10H18N2O2S/c1-2-15-7-10(13)12-5-8-9(6-12)14-4-3-11-8/h8-9,11H,2-7H2,1H3/t8-,9-/m0/s1. The fourth-order valence-corrected chi connectivity index (χ4v) is 2.64. The first kappa shape index (κ1) is 11.2. The highest BCUT2D eigenvalue weighted by Gasteiger charge is 2.37. The summed E-state index contributed by atoms with van der Waals surface area (Å²) in [5, 5.41) is 3.40. The van der Waals surface area contributed by atoms with Gasteiger partial charge < -0.3 is 15.0 Å². The predicted molar refractivity (Wildman–Crippen MR) is 61.1 cm³/mol. The van der Waals surface area contributed by atoms with Gasteiger partial charge in [0, 0.05) is 19.6 Å². The number of ether oxygens (including phenoxy) is 1. The molecule has 0 aromatic rings. The van der Waals surface area contributed by atoms with Gasteiger partial charge in [-0.15, -0.1) is 0 Å². The Morgan fingerprint density at radius 1 is 1.60 bits per heavy atom. The van der Waals surface area contributed by atoms with E-state index in [1.165, 1.54) is 0 Å². The number of likely N-dealkylation sites (tertiary alicyclic amines) is 1. The van der Waals surface area contributed by atoms with Gasteiger partial charge in [-0.1, -0.05) is 6.92 Å². The average Bonchev–Trinajstić information content (AvgIpc) is 2.69. The quantitative estimate of drug-likeness (QED) is 0.737. The lowest BCUT2D eigenvalue weighted by molar-refractivity contribution is -0.127. The first-order valence-electron chi connectivity index (χ1n) is 5.51. The van der Waals surface area contributed by atoms with Crippen molar-refractivity contribution in [1.82, 2.24) is 10.2 Å². The molecule has 2 aliphatic rings. The van der Waals surface area contributed by atoms with Crippen LogP contribution in [0.25, 0.3) is 0 Å². The lowest BCUT2D eigenvalue weighted by Crippen LogP contribution is -2.47. The molecular formula is C10H18N2O2S. The number of nitrogens with one attached hydrogen (secondary N) is 1. The first-order valence-corrected chi connectivity index (χ1v) is 6.67. The zero-order valence-corrected chi connectivity index (χ0v) is 9.89. The van der Waals surface area contributed by atoms with E-state index in [1.807, 2.05) is 4.90 Å². The van der Waals surface area contributed by atoms with Crippen molar-refractivity contribution >= 4 is 17.7 Å². The Hall–Kier alpha value is -0.260. The second kappa shape index (κ2) is 5.18. The number of amides is 1. The monoisotopic (exact) mass is 230 g/mol. The Labute approximate surface area is 94.7 Å². The Bertz CT molecular complexity index is 223. The molecule has 2 saturated heterocycles. The number of fused-ring (bicyclic) bond motifs is 1. The molecule has 0 spiro atoms. The molecule has 2 rings (SSSR count). The van der Waals surface area contributed by atoms with Crippen molar-refractivity contribution in [2.75, 3.05) is 37.7 Å². The summed E-state index contributed by atoms with van der Waals surface area (Å²) in [6, 6.07) is 0.356. The lowest BCUT2D eigenvalue weighted by Gasteiger charge is -2.25. The predicted octanol–water partition coefficient (Wildman–Crippen LogP) is -0.0613. The van der Waals surface area contributed by atoms with Gasteiger partial charge in [0.2, 0.25) is 5.91 Å². The van der Waals surface area contributed by atoms with Crippen molar-refractivity contribution in [3.8, 4) is 0 Å². The van der Waals surface area contributed by atoms with Crippen LogP contribution in [0.4, 0.5) is 0 Å². The molecule has 15 heavy (non-hydrogen) atoms. The number of rotatable bonds is 3. The van der Waals surface area contributed by atoms with Gasteiger partial charge >= 0.3 is 0 Å². The van der Waals surface area contributed by atoms with Crippen LogP contribution in [-0.2, 0) is 9.53 Å². The largest absolute Gasteiger partial charge is 0.373 e. The Morgan fingerprint density at radius 3 is 3.20 bits per heavy atom. The van der Waals surface area contributed by atoms with Crippen molar-refractivity contribution in [1.29, 1.82) is 0 Å². The third kappa shape index (κ3) is 2.65. The fraction of sp³-hybridized carbons (Fsp3) is 0.900. The van der Waals surface area contributed by atoms with Crippen LogP contribution in [0.15, 0.2) is 0 Å². The third-order valence-corrected chi connectivity index (χ3v) is 3.75. The molecule has 0 radical (unpaired) electrons. The van der Waals surface area contributed by atoms with Crippen molar-refractivity contribution in [2.45, 2.75) is 19.1 Å². The number of hydrogen-bond acceptors (Lipinski definition) is 4. The average molecular weight is 230 g/mol. The summed E-state index contributed by atoms with van der Waals surface area (Å²) in [5.74, 6) is 1.86. The Kier molecular flexibility index (Phi) is 3.88. The number of carbonyl (C=O) groups excluding carboxylic acids is 1. The van der Waals surface area contributed by atoms with Gasteiger partial charge in [-0.2, -0.15) is 11.8 Å². The summed E-state index contributed by atoms with van der Waals surface area (Å²) in [7, 11) is 0. The van der Waals surface area contributed by atoms with Crippen molar-refractivity contribution < 1.29 is 9.53 Å². The van der Waals surface area contributed by atoms with Gasteiger partial charge in [0.25, 0.3) is 0 Å². The van der Waals surface area contributed by atoms with Gasteiger partial charge in [-0.3, -0.25) is 4.79 Å². The first-order chi connectivity index (χ1) is 7.31.